The van der Waals surface area contributed by atoms with Crippen LogP contribution in [0.3, 0.4) is 0 Å². The molecule has 16 heavy (non-hydrogen) atoms. The van der Waals surface area contributed by atoms with Crippen LogP contribution in [0, 0.1) is 3.57 Å². The van der Waals surface area contributed by atoms with Crippen molar-refractivity contribution in [2.75, 3.05) is 19.5 Å². The van der Waals surface area contributed by atoms with Crippen molar-refractivity contribution in [1.29, 1.82) is 0 Å². The first-order valence-electron chi connectivity index (χ1n) is 4.85. The Morgan fingerprint density at radius 2 is 1.94 bits per heavy atom. The minimum Gasteiger partial charge on any atom is -0.377 e. The zero-order valence-electron chi connectivity index (χ0n) is 9.46. The van der Waals surface area contributed by atoms with Crippen molar-refractivity contribution in [1.82, 2.24) is 0 Å². The average Bonchev–Trinajstić information content (AvgIpc) is 2.24. The van der Waals surface area contributed by atoms with Gasteiger partial charge in [0.2, 0.25) is 0 Å². The number of hydrogen-bond donors (Lipinski definition) is 1. The molecule has 0 fully saturated rings. The van der Waals surface area contributed by atoms with Crippen molar-refractivity contribution in [2.24, 2.45) is 0 Å². The summed E-state index contributed by atoms with van der Waals surface area (Å²) >= 11 is 8.13. The predicted molar refractivity (Wildman–Crippen MR) is 75.1 cm³/mol. The number of rotatable bonds is 5. The van der Waals surface area contributed by atoms with Crippen LogP contribution in [0.25, 0.3) is 0 Å². The third kappa shape index (κ3) is 3.76. The van der Waals surface area contributed by atoms with Crippen LogP contribution < -0.4 is 5.32 Å². The topological polar surface area (TPSA) is 30.5 Å². The van der Waals surface area contributed by atoms with Gasteiger partial charge in [-0.3, -0.25) is 0 Å². The Hall–Kier alpha value is -0.0400. The Morgan fingerprint density at radius 1 is 1.31 bits per heavy atom. The maximum absolute atomic E-state index is 5.89. The standard InChI is InChI=1S/C11H15ClINO2/c1-7(11(15-2)16-3)14-10-5-4-8(12)6-9(10)13/h4-7,11,14H,1-3H3. The lowest BCUT2D eigenvalue weighted by Crippen LogP contribution is -2.34. The van der Waals surface area contributed by atoms with E-state index < -0.39 is 0 Å². The van der Waals surface area contributed by atoms with Gasteiger partial charge in [-0.25, -0.2) is 0 Å². The Bertz CT molecular complexity index is 345. The normalized spacial score (nSPS) is 12.9. The zero-order chi connectivity index (χ0) is 12.1. The van der Waals surface area contributed by atoms with Gasteiger partial charge in [-0.2, -0.15) is 0 Å². The molecule has 0 aliphatic rings. The lowest BCUT2D eigenvalue weighted by Gasteiger charge is -2.23. The molecular weight excluding hydrogens is 340 g/mol. The molecule has 1 aromatic rings. The van der Waals surface area contributed by atoms with Gasteiger partial charge in [0.05, 0.1) is 6.04 Å². The van der Waals surface area contributed by atoms with Gasteiger partial charge >= 0.3 is 0 Å². The molecule has 3 nitrogen and oxygen atoms in total. The maximum Gasteiger partial charge on any atom is 0.176 e. The summed E-state index contributed by atoms with van der Waals surface area (Å²) in [5.74, 6) is 0. The van der Waals surface area contributed by atoms with E-state index in [9.17, 15) is 0 Å². The van der Waals surface area contributed by atoms with Crippen LogP contribution in [0.15, 0.2) is 18.2 Å². The lowest BCUT2D eigenvalue weighted by atomic mass is 10.2. The van der Waals surface area contributed by atoms with E-state index in [1.807, 2.05) is 25.1 Å². The summed E-state index contributed by atoms with van der Waals surface area (Å²) in [7, 11) is 3.25. The molecule has 0 saturated heterocycles. The maximum atomic E-state index is 5.89. The fourth-order valence-corrected chi connectivity index (χ4v) is 2.45. The number of benzene rings is 1. The molecular formula is C11H15ClINO2. The van der Waals surface area contributed by atoms with Crippen LogP contribution in [0.4, 0.5) is 5.69 Å². The van der Waals surface area contributed by atoms with Crippen molar-refractivity contribution < 1.29 is 9.47 Å². The first-order valence-corrected chi connectivity index (χ1v) is 6.31. The van der Waals surface area contributed by atoms with Crippen LogP contribution in [0.2, 0.25) is 5.02 Å². The van der Waals surface area contributed by atoms with E-state index in [1.165, 1.54) is 0 Å². The number of methoxy groups -OCH3 is 2. The summed E-state index contributed by atoms with van der Waals surface area (Å²) in [4.78, 5) is 0. The first kappa shape index (κ1) is 14.0. The van der Waals surface area contributed by atoms with Crippen LogP contribution in [-0.4, -0.2) is 26.6 Å². The van der Waals surface area contributed by atoms with Crippen molar-refractivity contribution in [3.63, 3.8) is 0 Å². The molecule has 1 N–H and O–H groups in total. The minimum absolute atomic E-state index is 0.0599. The van der Waals surface area contributed by atoms with Gasteiger partial charge in [-0.15, -0.1) is 0 Å². The molecule has 1 atom stereocenters. The van der Waals surface area contributed by atoms with Gasteiger partial charge in [0.15, 0.2) is 6.29 Å². The minimum atomic E-state index is -0.272. The monoisotopic (exact) mass is 355 g/mol. The van der Waals surface area contributed by atoms with Crippen molar-refractivity contribution in [3.8, 4) is 0 Å². The summed E-state index contributed by atoms with van der Waals surface area (Å²) in [6.07, 6.45) is -0.272. The van der Waals surface area contributed by atoms with E-state index in [0.29, 0.717) is 0 Å². The van der Waals surface area contributed by atoms with Crippen LogP contribution in [0.1, 0.15) is 6.92 Å². The third-order valence-electron chi connectivity index (χ3n) is 2.19. The molecule has 5 heteroatoms. The van der Waals surface area contributed by atoms with Crippen molar-refractivity contribution in [2.45, 2.75) is 19.3 Å². The first-order chi connectivity index (χ1) is 7.58. The van der Waals surface area contributed by atoms with Crippen LogP contribution in [-0.2, 0) is 9.47 Å². The molecule has 0 aliphatic heterocycles. The quantitative estimate of drug-likeness (QED) is 0.649. The molecule has 0 bridgehead atoms. The largest absolute Gasteiger partial charge is 0.377 e. The predicted octanol–water partition coefficient (Wildman–Crippen LogP) is 3.36. The Balaban J connectivity index is 2.72. The molecule has 0 amide bonds. The van der Waals surface area contributed by atoms with Gasteiger partial charge in [0, 0.05) is 28.5 Å². The molecule has 0 aromatic heterocycles. The van der Waals surface area contributed by atoms with E-state index in [4.69, 9.17) is 21.1 Å². The number of ether oxygens (including phenoxy) is 2. The summed E-state index contributed by atoms with van der Waals surface area (Å²) < 4.78 is 11.4. The molecule has 0 spiro atoms. The number of nitrogens with one attached hydrogen (secondary N) is 1. The summed E-state index contributed by atoms with van der Waals surface area (Å²) in [5, 5.41) is 4.06. The smallest absolute Gasteiger partial charge is 0.176 e. The van der Waals surface area contributed by atoms with Gasteiger partial charge in [-0.1, -0.05) is 11.6 Å². The molecule has 0 heterocycles. The molecule has 1 aromatic carbocycles. The highest BCUT2D eigenvalue weighted by molar-refractivity contribution is 14.1. The van der Waals surface area contributed by atoms with E-state index in [-0.39, 0.29) is 12.3 Å². The summed E-state index contributed by atoms with van der Waals surface area (Å²) in [5.41, 5.74) is 1.02. The molecule has 1 rings (SSSR count). The molecule has 0 radical (unpaired) electrons. The van der Waals surface area contributed by atoms with Crippen LogP contribution in [0.5, 0.6) is 0 Å². The average molecular weight is 356 g/mol. The van der Waals surface area contributed by atoms with Crippen LogP contribution >= 0.6 is 34.2 Å². The van der Waals surface area contributed by atoms with E-state index >= 15 is 0 Å². The fraction of sp³-hybridized carbons (Fsp3) is 0.455. The lowest BCUT2D eigenvalue weighted by molar-refractivity contribution is -0.109. The van der Waals surface area contributed by atoms with Gasteiger partial charge in [0.1, 0.15) is 0 Å². The highest BCUT2D eigenvalue weighted by Crippen LogP contribution is 2.23. The molecule has 1 unspecified atom stereocenters. The number of halogens is 2. The second-order valence-corrected chi connectivity index (χ2v) is 5.00. The molecule has 0 saturated carbocycles. The highest BCUT2D eigenvalue weighted by Gasteiger charge is 2.16. The second-order valence-electron chi connectivity index (χ2n) is 3.40. The highest BCUT2D eigenvalue weighted by atomic mass is 127. The molecule has 90 valence electrons. The Morgan fingerprint density at radius 3 is 2.44 bits per heavy atom. The number of hydrogen-bond acceptors (Lipinski definition) is 3. The summed E-state index contributed by atoms with van der Waals surface area (Å²) in [6, 6.07) is 5.77. The van der Waals surface area contributed by atoms with Gasteiger partial charge < -0.3 is 14.8 Å². The fourth-order valence-electron chi connectivity index (χ4n) is 1.42. The van der Waals surface area contributed by atoms with Gasteiger partial charge in [-0.05, 0) is 47.7 Å². The zero-order valence-corrected chi connectivity index (χ0v) is 12.4. The van der Waals surface area contributed by atoms with E-state index in [0.717, 1.165) is 14.3 Å². The van der Waals surface area contributed by atoms with Gasteiger partial charge in [0.25, 0.3) is 0 Å². The number of anilines is 1. The third-order valence-corrected chi connectivity index (χ3v) is 3.31. The summed E-state index contributed by atoms with van der Waals surface area (Å²) in [6.45, 7) is 2.00. The second kappa shape index (κ2) is 6.64. The van der Waals surface area contributed by atoms with Crippen molar-refractivity contribution in [3.05, 3.63) is 26.8 Å². The molecule has 0 aliphatic carbocycles. The van der Waals surface area contributed by atoms with Crippen molar-refractivity contribution >= 4 is 39.9 Å². The van der Waals surface area contributed by atoms with E-state index in [2.05, 4.69) is 27.9 Å². The Labute approximate surface area is 115 Å². The SMILES string of the molecule is COC(OC)C(C)Nc1ccc(Cl)cc1I. The Kier molecular flexibility index (Phi) is 5.82. The van der Waals surface area contributed by atoms with E-state index in [1.54, 1.807) is 14.2 Å².